The van der Waals surface area contributed by atoms with Crippen molar-refractivity contribution in [3.8, 4) is 0 Å². The van der Waals surface area contributed by atoms with Crippen LogP contribution < -0.4 is 5.32 Å². The zero-order chi connectivity index (χ0) is 12.3. The molecular formula is C8H5N5O4. The van der Waals surface area contributed by atoms with Crippen molar-refractivity contribution < 1.29 is 19.2 Å². The molecule has 17 heavy (non-hydrogen) atoms. The Morgan fingerprint density at radius 2 is 2.18 bits per heavy atom. The Bertz CT molecular complexity index is 552. The van der Waals surface area contributed by atoms with E-state index in [-0.39, 0.29) is 11.6 Å². The molecule has 0 aliphatic carbocycles. The molecule has 0 spiro atoms. The normalized spacial score (nSPS) is 9.88. The standard InChI is InChI=1S/C8H5N5O4/c14-6(11-8-9-1-2-10-12-8)4-3-5(7(15)16)17-13-4/h1-3H,(H,15,16)(H,9,11,12,14). The number of rotatable bonds is 3. The molecule has 0 radical (unpaired) electrons. The lowest BCUT2D eigenvalue weighted by Gasteiger charge is -1.97. The topological polar surface area (TPSA) is 131 Å². The third-order valence-corrected chi connectivity index (χ3v) is 1.66. The van der Waals surface area contributed by atoms with E-state index in [9.17, 15) is 9.59 Å². The Labute approximate surface area is 93.5 Å². The van der Waals surface area contributed by atoms with Gasteiger partial charge in [0.1, 0.15) is 0 Å². The van der Waals surface area contributed by atoms with Crippen molar-refractivity contribution in [3.63, 3.8) is 0 Å². The second-order valence-corrected chi connectivity index (χ2v) is 2.80. The van der Waals surface area contributed by atoms with Gasteiger partial charge in [-0.3, -0.25) is 10.1 Å². The summed E-state index contributed by atoms with van der Waals surface area (Å²) in [6.45, 7) is 0. The van der Waals surface area contributed by atoms with E-state index in [1.165, 1.54) is 12.4 Å². The SMILES string of the molecule is O=C(Nc1nccnn1)c1cc(C(=O)O)on1. The van der Waals surface area contributed by atoms with Gasteiger partial charge < -0.3 is 9.63 Å². The van der Waals surface area contributed by atoms with Crippen LogP contribution in [0.15, 0.2) is 23.0 Å². The first kappa shape index (κ1) is 10.7. The van der Waals surface area contributed by atoms with Crippen molar-refractivity contribution in [1.82, 2.24) is 20.3 Å². The summed E-state index contributed by atoms with van der Waals surface area (Å²) in [5.41, 5.74) is -0.185. The molecule has 86 valence electrons. The van der Waals surface area contributed by atoms with Crippen LogP contribution in [0.25, 0.3) is 0 Å². The first-order chi connectivity index (χ1) is 8.16. The average Bonchev–Trinajstić information content (AvgIpc) is 2.79. The summed E-state index contributed by atoms with van der Waals surface area (Å²) >= 11 is 0. The lowest BCUT2D eigenvalue weighted by molar-refractivity contribution is 0.0651. The summed E-state index contributed by atoms with van der Waals surface area (Å²) < 4.78 is 4.42. The fourth-order valence-electron chi connectivity index (χ4n) is 0.953. The molecular weight excluding hydrogens is 230 g/mol. The first-order valence-corrected chi connectivity index (χ1v) is 4.32. The maximum absolute atomic E-state index is 11.5. The van der Waals surface area contributed by atoms with Crippen LogP contribution in [0, 0.1) is 0 Å². The number of anilines is 1. The minimum atomic E-state index is -1.31. The smallest absolute Gasteiger partial charge is 0.374 e. The van der Waals surface area contributed by atoms with Crippen LogP contribution in [0.2, 0.25) is 0 Å². The Morgan fingerprint density at radius 3 is 2.76 bits per heavy atom. The molecule has 0 aliphatic heterocycles. The fourth-order valence-corrected chi connectivity index (χ4v) is 0.953. The van der Waals surface area contributed by atoms with Crippen molar-refractivity contribution in [2.75, 3.05) is 5.32 Å². The number of hydrogen-bond donors (Lipinski definition) is 2. The molecule has 0 unspecified atom stereocenters. The number of nitrogens with one attached hydrogen (secondary N) is 1. The molecule has 0 atom stereocenters. The lowest BCUT2D eigenvalue weighted by Crippen LogP contribution is -2.14. The average molecular weight is 235 g/mol. The monoisotopic (exact) mass is 235 g/mol. The molecule has 0 aromatic carbocycles. The number of carbonyl (C=O) groups excluding carboxylic acids is 1. The zero-order valence-corrected chi connectivity index (χ0v) is 8.19. The minimum Gasteiger partial charge on any atom is -0.475 e. The highest BCUT2D eigenvalue weighted by Gasteiger charge is 2.17. The Morgan fingerprint density at radius 1 is 1.35 bits per heavy atom. The molecule has 2 heterocycles. The highest BCUT2D eigenvalue weighted by Crippen LogP contribution is 2.05. The largest absolute Gasteiger partial charge is 0.475 e. The van der Waals surface area contributed by atoms with Crippen LogP contribution in [0.3, 0.4) is 0 Å². The molecule has 2 aromatic heterocycles. The van der Waals surface area contributed by atoms with Crippen molar-refractivity contribution in [1.29, 1.82) is 0 Å². The second-order valence-electron chi connectivity index (χ2n) is 2.80. The van der Waals surface area contributed by atoms with Gasteiger partial charge in [-0.25, -0.2) is 9.78 Å². The molecule has 2 N–H and O–H groups in total. The second kappa shape index (κ2) is 4.35. The third kappa shape index (κ3) is 2.40. The van der Waals surface area contributed by atoms with Gasteiger partial charge in [0.2, 0.25) is 11.7 Å². The number of carboxylic acid groups (broad SMARTS) is 1. The predicted molar refractivity (Wildman–Crippen MR) is 51.2 cm³/mol. The highest BCUT2D eigenvalue weighted by molar-refractivity contribution is 6.02. The maximum atomic E-state index is 11.5. The molecule has 2 rings (SSSR count). The number of aromatic carboxylic acids is 1. The predicted octanol–water partition coefficient (Wildman–Crippen LogP) is -0.190. The zero-order valence-electron chi connectivity index (χ0n) is 8.19. The summed E-state index contributed by atoms with van der Waals surface area (Å²) in [4.78, 5) is 25.7. The van der Waals surface area contributed by atoms with E-state index in [2.05, 4.69) is 30.2 Å². The van der Waals surface area contributed by atoms with Gasteiger partial charge in [-0.2, -0.15) is 5.10 Å². The van der Waals surface area contributed by atoms with Crippen LogP contribution in [-0.4, -0.2) is 37.3 Å². The molecule has 2 aromatic rings. The molecule has 9 nitrogen and oxygen atoms in total. The van der Waals surface area contributed by atoms with Crippen molar-refractivity contribution >= 4 is 17.8 Å². The molecule has 0 saturated carbocycles. The summed E-state index contributed by atoms with van der Waals surface area (Å²) in [6, 6.07) is 0.994. The molecule has 0 aliphatic rings. The van der Waals surface area contributed by atoms with Gasteiger partial charge in [-0.15, -0.1) is 5.10 Å². The van der Waals surface area contributed by atoms with E-state index >= 15 is 0 Å². The van der Waals surface area contributed by atoms with Gasteiger partial charge in [-0.1, -0.05) is 5.16 Å². The molecule has 0 fully saturated rings. The van der Waals surface area contributed by atoms with E-state index < -0.39 is 17.6 Å². The van der Waals surface area contributed by atoms with Gasteiger partial charge in [0.25, 0.3) is 5.91 Å². The summed E-state index contributed by atoms with van der Waals surface area (Å²) in [7, 11) is 0. The summed E-state index contributed by atoms with van der Waals surface area (Å²) in [6.07, 6.45) is 2.68. The quantitative estimate of drug-likeness (QED) is 0.748. The fraction of sp³-hybridized carbons (Fsp3) is 0. The van der Waals surface area contributed by atoms with Gasteiger partial charge in [0.05, 0.1) is 12.4 Å². The van der Waals surface area contributed by atoms with Crippen LogP contribution >= 0.6 is 0 Å². The van der Waals surface area contributed by atoms with Gasteiger partial charge in [0, 0.05) is 6.07 Å². The number of nitrogens with zero attached hydrogens (tertiary/aromatic N) is 4. The van der Waals surface area contributed by atoms with Crippen LogP contribution in [-0.2, 0) is 0 Å². The highest BCUT2D eigenvalue weighted by atomic mass is 16.5. The van der Waals surface area contributed by atoms with Crippen molar-refractivity contribution in [3.05, 3.63) is 29.9 Å². The van der Waals surface area contributed by atoms with Crippen LogP contribution in [0.4, 0.5) is 5.95 Å². The van der Waals surface area contributed by atoms with E-state index in [0.29, 0.717) is 0 Å². The number of aromatic nitrogens is 4. The van der Waals surface area contributed by atoms with E-state index in [4.69, 9.17) is 5.11 Å². The van der Waals surface area contributed by atoms with Crippen LogP contribution in [0.1, 0.15) is 21.0 Å². The van der Waals surface area contributed by atoms with Gasteiger partial charge >= 0.3 is 5.97 Å². The Kier molecular flexibility index (Phi) is 2.73. The Hall–Kier alpha value is -2.84. The van der Waals surface area contributed by atoms with E-state index in [1.54, 1.807) is 0 Å². The first-order valence-electron chi connectivity index (χ1n) is 4.32. The maximum Gasteiger partial charge on any atom is 0.374 e. The number of amides is 1. The summed E-state index contributed by atoms with van der Waals surface area (Å²) in [5, 5.41) is 21.1. The number of hydrogen-bond acceptors (Lipinski definition) is 7. The van der Waals surface area contributed by atoms with E-state index in [1.807, 2.05) is 0 Å². The third-order valence-electron chi connectivity index (χ3n) is 1.66. The minimum absolute atomic E-state index is 0.0163. The van der Waals surface area contributed by atoms with Crippen molar-refractivity contribution in [2.24, 2.45) is 0 Å². The van der Waals surface area contributed by atoms with Gasteiger partial charge in [0.15, 0.2) is 5.69 Å². The molecule has 0 saturated heterocycles. The van der Waals surface area contributed by atoms with E-state index in [0.717, 1.165) is 6.07 Å². The number of carboxylic acids is 1. The van der Waals surface area contributed by atoms with Gasteiger partial charge in [-0.05, 0) is 0 Å². The lowest BCUT2D eigenvalue weighted by atomic mass is 10.3. The molecule has 1 amide bonds. The number of carbonyl (C=O) groups is 2. The van der Waals surface area contributed by atoms with Crippen LogP contribution in [0.5, 0.6) is 0 Å². The molecule has 0 bridgehead atoms. The summed E-state index contributed by atoms with van der Waals surface area (Å²) in [5.74, 6) is -2.44. The molecule has 9 heteroatoms. The van der Waals surface area contributed by atoms with Crippen molar-refractivity contribution in [2.45, 2.75) is 0 Å². The Balaban J connectivity index is 2.12.